The normalized spacial score (nSPS) is 22.5. The maximum Gasteiger partial charge on any atom is 0.251 e. The van der Waals surface area contributed by atoms with E-state index in [1.807, 2.05) is 36.4 Å². The second-order valence-corrected chi connectivity index (χ2v) is 7.84. The second-order valence-electron chi connectivity index (χ2n) is 7.84. The van der Waals surface area contributed by atoms with Crippen LogP contribution < -0.4 is 5.73 Å². The number of carbonyl (C=O) groups is 2. The first-order valence-corrected chi connectivity index (χ1v) is 9.94. The SMILES string of the molecule is NC(=O)[C@]1(Cc2cccc(-c3ccccc3)c2)CN(C(=O)C2CCC2)CCO1. The minimum absolute atomic E-state index is 0.102. The Bertz CT molecular complexity index is 863. The van der Waals surface area contributed by atoms with Crippen molar-refractivity contribution in [2.45, 2.75) is 31.3 Å². The molecule has 1 aliphatic heterocycles. The van der Waals surface area contributed by atoms with Gasteiger partial charge in [-0.05, 0) is 29.5 Å². The first-order chi connectivity index (χ1) is 13.6. The van der Waals surface area contributed by atoms with Crippen LogP contribution >= 0.6 is 0 Å². The third-order valence-electron chi connectivity index (χ3n) is 5.92. The quantitative estimate of drug-likeness (QED) is 0.870. The summed E-state index contributed by atoms with van der Waals surface area (Å²) in [7, 11) is 0. The summed E-state index contributed by atoms with van der Waals surface area (Å²) >= 11 is 0. The van der Waals surface area contributed by atoms with Crippen LogP contribution in [0.25, 0.3) is 11.1 Å². The van der Waals surface area contributed by atoms with Gasteiger partial charge in [0.2, 0.25) is 5.91 Å². The molecule has 5 nitrogen and oxygen atoms in total. The number of nitrogens with two attached hydrogens (primary N) is 1. The lowest BCUT2D eigenvalue weighted by Gasteiger charge is -2.42. The van der Waals surface area contributed by atoms with E-state index in [4.69, 9.17) is 10.5 Å². The zero-order valence-electron chi connectivity index (χ0n) is 16.0. The van der Waals surface area contributed by atoms with Crippen molar-refractivity contribution in [3.8, 4) is 11.1 Å². The number of nitrogens with zero attached hydrogens (tertiary/aromatic N) is 1. The van der Waals surface area contributed by atoms with E-state index in [1.165, 1.54) is 0 Å². The van der Waals surface area contributed by atoms with Crippen LogP contribution in [0.1, 0.15) is 24.8 Å². The molecule has 0 radical (unpaired) electrons. The average Bonchev–Trinajstić information content (AvgIpc) is 2.67. The largest absolute Gasteiger partial charge is 0.367 e. The Morgan fingerprint density at radius 3 is 2.50 bits per heavy atom. The fraction of sp³-hybridized carbons (Fsp3) is 0.391. The van der Waals surface area contributed by atoms with E-state index in [9.17, 15) is 9.59 Å². The van der Waals surface area contributed by atoms with Crippen LogP contribution in [-0.2, 0) is 20.7 Å². The van der Waals surface area contributed by atoms with Crippen molar-refractivity contribution >= 4 is 11.8 Å². The van der Waals surface area contributed by atoms with Gasteiger partial charge in [0.1, 0.15) is 0 Å². The summed E-state index contributed by atoms with van der Waals surface area (Å²) in [5, 5.41) is 0. The minimum Gasteiger partial charge on any atom is -0.367 e. The molecular weight excluding hydrogens is 352 g/mol. The molecule has 2 aromatic carbocycles. The van der Waals surface area contributed by atoms with Crippen molar-refractivity contribution < 1.29 is 14.3 Å². The Kier molecular flexibility index (Phi) is 5.18. The molecule has 0 spiro atoms. The van der Waals surface area contributed by atoms with E-state index in [-0.39, 0.29) is 18.4 Å². The number of rotatable bonds is 5. The summed E-state index contributed by atoms with van der Waals surface area (Å²) in [6.45, 7) is 1.08. The molecular formula is C23H26N2O3. The number of benzene rings is 2. The van der Waals surface area contributed by atoms with E-state index in [0.29, 0.717) is 19.6 Å². The molecule has 1 heterocycles. The second kappa shape index (κ2) is 7.76. The first-order valence-electron chi connectivity index (χ1n) is 9.94. The molecule has 2 fully saturated rings. The van der Waals surface area contributed by atoms with Gasteiger partial charge in [0, 0.05) is 18.9 Å². The highest BCUT2D eigenvalue weighted by atomic mass is 16.5. The predicted molar refractivity (Wildman–Crippen MR) is 107 cm³/mol. The van der Waals surface area contributed by atoms with Crippen molar-refractivity contribution in [2.24, 2.45) is 11.7 Å². The number of hydrogen-bond acceptors (Lipinski definition) is 3. The predicted octanol–water partition coefficient (Wildman–Crippen LogP) is 2.78. The Labute approximate surface area is 165 Å². The summed E-state index contributed by atoms with van der Waals surface area (Å²) in [6.07, 6.45) is 3.35. The molecule has 4 rings (SSSR count). The van der Waals surface area contributed by atoms with Gasteiger partial charge in [-0.25, -0.2) is 0 Å². The smallest absolute Gasteiger partial charge is 0.251 e. The lowest BCUT2D eigenvalue weighted by atomic mass is 9.83. The van der Waals surface area contributed by atoms with E-state index in [2.05, 4.69) is 18.2 Å². The van der Waals surface area contributed by atoms with Crippen molar-refractivity contribution in [3.05, 3.63) is 60.2 Å². The highest BCUT2D eigenvalue weighted by Gasteiger charge is 2.45. The maximum absolute atomic E-state index is 12.7. The van der Waals surface area contributed by atoms with Gasteiger partial charge in [0.15, 0.2) is 5.60 Å². The lowest BCUT2D eigenvalue weighted by Crippen LogP contribution is -2.62. The van der Waals surface area contributed by atoms with Gasteiger partial charge >= 0.3 is 0 Å². The number of carbonyl (C=O) groups excluding carboxylic acids is 2. The average molecular weight is 378 g/mol. The van der Waals surface area contributed by atoms with Crippen LogP contribution in [-0.4, -0.2) is 42.0 Å². The van der Waals surface area contributed by atoms with E-state index in [0.717, 1.165) is 36.0 Å². The third kappa shape index (κ3) is 3.67. The Morgan fingerprint density at radius 2 is 1.82 bits per heavy atom. The van der Waals surface area contributed by atoms with Gasteiger partial charge in [-0.1, -0.05) is 61.0 Å². The van der Waals surface area contributed by atoms with Gasteiger partial charge in [-0.2, -0.15) is 0 Å². The molecule has 28 heavy (non-hydrogen) atoms. The minimum atomic E-state index is -1.17. The summed E-state index contributed by atoms with van der Waals surface area (Å²) in [6, 6.07) is 18.2. The molecule has 2 aliphatic rings. The lowest BCUT2D eigenvalue weighted by molar-refractivity contribution is -0.166. The Hall–Kier alpha value is -2.66. The van der Waals surface area contributed by atoms with E-state index in [1.54, 1.807) is 4.90 Å². The van der Waals surface area contributed by atoms with Crippen LogP contribution in [0, 0.1) is 5.92 Å². The Morgan fingerprint density at radius 1 is 1.07 bits per heavy atom. The van der Waals surface area contributed by atoms with Crippen LogP contribution in [0.3, 0.4) is 0 Å². The molecule has 1 atom stereocenters. The third-order valence-corrected chi connectivity index (χ3v) is 5.92. The summed E-state index contributed by atoms with van der Waals surface area (Å²) in [5.74, 6) is -0.271. The van der Waals surface area contributed by atoms with Crippen molar-refractivity contribution in [1.29, 1.82) is 0 Å². The van der Waals surface area contributed by atoms with Gasteiger partial charge in [-0.15, -0.1) is 0 Å². The zero-order valence-corrected chi connectivity index (χ0v) is 16.0. The monoisotopic (exact) mass is 378 g/mol. The molecule has 1 aliphatic carbocycles. The Balaban J connectivity index is 1.56. The van der Waals surface area contributed by atoms with Crippen molar-refractivity contribution in [2.75, 3.05) is 19.7 Å². The highest BCUT2D eigenvalue weighted by Crippen LogP contribution is 2.31. The van der Waals surface area contributed by atoms with E-state index >= 15 is 0 Å². The van der Waals surface area contributed by atoms with Crippen LogP contribution in [0.5, 0.6) is 0 Å². The molecule has 5 heteroatoms. The molecule has 1 saturated heterocycles. The first kappa shape index (κ1) is 18.7. The standard InChI is InChI=1S/C23H26N2O3/c24-22(27)23(16-25(12-13-28-23)21(26)19-9-5-10-19)15-17-6-4-11-20(14-17)18-7-2-1-3-8-18/h1-4,6-8,11,14,19H,5,9-10,12-13,15-16H2,(H2,24,27)/t23-/m0/s1. The van der Waals surface area contributed by atoms with Crippen LogP contribution in [0.2, 0.25) is 0 Å². The number of amides is 2. The van der Waals surface area contributed by atoms with Gasteiger partial charge in [0.05, 0.1) is 13.2 Å². The summed E-state index contributed by atoms with van der Waals surface area (Å²) in [4.78, 5) is 26.9. The topological polar surface area (TPSA) is 72.6 Å². The molecule has 0 bridgehead atoms. The van der Waals surface area contributed by atoms with Gasteiger partial charge in [-0.3, -0.25) is 9.59 Å². The summed E-state index contributed by atoms with van der Waals surface area (Å²) in [5.41, 5.74) is 7.77. The number of ether oxygens (including phenoxy) is 1. The molecule has 146 valence electrons. The molecule has 1 saturated carbocycles. The van der Waals surface area contributed by atoms with Gasteiger partial charge < -0.3 is 15.4 Å². The molecule has 0 unspecified atom stereocenters. The molecule has 2 aromatic rings. The maximum atomic E-state index is 12.7. The highest BCUT2D eigenvalue weighted by molar-refractivity contribution is 5.86. The van der Waals surface area contributed by atoms with Gasteiger partial charge in [0.25, 0.3) is 5.91 Å². The fourth-order valence-electron chi connectivity index (χ4n) is 4.05. The number of primary amides is 1. The van der Waals surface area contributed by atoms with Crippen LogP contribution in [0.4, 0.5) is 0 Å². The molecule has 2 N–H and O–H groups in total. The zero-order chi connectivity index (χ0) is 19.6. The number of hydrogen-bond donors (Lipinski definition) is 1. The summed E-state index contributed by atoms with van der Waals surface area (Å²) < 4.78 is 5.92. The van der Waals surface area contributed by atoms with Crippen LogP contribution in [0.15, 0.2) is 54.6 Å². The molecule has 0 aromatic heterocycles. The van der Waals surface area contributed by atoms with Crippen molar-refractivity contribution in [1.82, 2.24) is 4.90 Å². The molecule has 2 amide bonds. The van der Waals surface area contributed by atoms with Crippen molar-refractivity contribution in [3.63, 3.8) is 0 Å². The number of morpholine rings is 1. The fourth-order valence-corrected chi connectivity index (χ4v) is 4.05. The van der Waals surface area contributed by atoms with E-state index < -0.39 is 11.5 Å².